The zero-order valence-electron chi connectivity index (χ0n) is 13.4. The van der Waals surface area contributed by atoms with Crippen molar-refractivity contribution < 1.29 is 4.79 Å². The fraction of sp³-hybridized carbons (Fsp3) is 0.588. The highest BCUT2D eigenvalue weighted by molar-refractivity contribution is 5.89. The van der Waals surface area contributed by atoms with Crippen LogP contribution in [0, 0.1) is 5.92 Å². The number of anilines is 1. The van der Waals surface area contributed by atoms with Gasteiger partial charge in [0.15, 0.2) is 0 Å². The quantitative estimate of drug-likeness (QED) is 0.869. The van der Waals surface area contributed by atoms with Crippen molar-refractivity contribution >= 4 is 11.7 Å². The van der Waals surface area contributed by atoms with Crippen molar-refractivity contribution in [1.29, 1.82) is 0 Å². The van der Waals surface area contributed by atoms with Gasteiger partial charge in [0.25, 0.3) is 0 Å². The Bertz CT molecular complexity index is 458. The second kappa shape index (κ2) is 7.46. The summed E-state index contributed by atoms with van der Waals surface area (Å²) in [6, 6.07) is 8.47. The Kier molecular flexibility index (Phi) is 5.62. The minimum absolute atomic E-state index is 0.0263. The lowest BCUT2D eigenvalue weighted by Crippen LogP contribution is -2.32. The molecule has 1 saturated heterocycles. The van der Waals surface area contributed by atoms with Crippen LogP contribution in [-0.4, -0.2) is 30.6 Å². The van der Waals surface area contributed by atoms with Crippen LogP contribution in [0.25, 0.3) is 0 Å². The third kappa shape index (κ3) is 4.21. The predicted molar refractivity (Wildman–Crippen MR) is 87.5 cm³/mol. The van der Waals surface area contributed by atoms with Gasteiger partial charge in [-0.2, -0.15) is 0 Å². The van der Waals surface area contributed by atoms with E-state index in [1.165, 1.54) is 5.56 Å². The Morgan fingerprint density at radius 2 is 2.05 bits per heavy atom. The molecule has 0 aliphatic carbocycles. The summed E-state index contributed by atoms with van der Waals surface area (Å²) in [5, 5.41) is 6.38. The van der Waals surface area contributed by atoms with Crippen molar-refractivity contribution in [3.05, 3.63) is 29.8 Å². The summed E-state index contributed by atoms with van der Waals surface area (Å²) >= 11 is 0. The van der Waals surface area contributed by atoms with Crippen LogP contribution in [0.5, 0.6) is 0 Å². The number of benzene rings is 1. The largest absolute Gasteiger partial charge is 0.324 e. The zero-order chi connectivity index (χ0) is 15.2. The van der Waals surface area contributed by atoms with E-state index in [1.807, 2.05) is 17.0 Å². The molecule has 0 bridgehead atoms. The summed E-state index contributed by atoms with van der Waals surface area (Å²) < 4.78 is 0. The lowest BCUT2D eigenvalue weighted by atomic mass is 10.1. The molecule has 0 spiro atoms. The summed E-state index contributed by atoms with van der Waals surface area (Å²) in [6.07, 6.45) is 2.28. The van der Waals surface area contributed by atoms with E-state index in [1.54, 1.807) is 0 Å². The molecule has 2 rings (SSSR count). The van der Waals surface area contributed by atoms with Crippen LogP contribution in [0.1, 0.15) is 45.2 Å². The molecule has 4 heteroatoms. The third-order valence-electron chi connectivity index (χ3n) is 4.32. The van der Waals surface area contributed by atoms with E-state index >= 15 is 0 Å². The maximum atomic E-state index is 12.2. The van der Waals surface area contributed by atoms with Gasteiger partial charge in [0.05, 0.1) is 0 Å². The Balaban J connectivity index is 1.90. The standard InChI is InChI=1S/C17H27N3O/c1-4-14-10-11-20(12-14)17(21)19-16-8-6-15(7-9-16)13(3)18-5-2/h6-9,13-14,18H,4-5,10-12H2,1-3H3,(H,19,21). The highest BCUT2D eigenvalue weighted by Gasteiger charge is 2.24. The van der Waals surface area contributed by atoms with Gasteiger partial charge < -0.3 is 15.5 Å². The number of nitrogens with zero attached hydrogens (tertiary/aromatic N) is 1. The molecule has 2 amide bonds. The molecule has 1 heterocycles. The van der Waals surface area contributed by atoms with Crippen LogP contribution >= 0.6 is 0 Å². The highest BCUT2D eigenvalue weighted by atomic mass is 16.2. The molecule has 4 nitrogen and oxygen atoms in total. The van der Waals surface area contributed by atoms with Crippen molar-refractivity contribution in [1.82, 2.24) is 10.2 Å². The molecule has 2 atom stereocenters. The first kappa shape index (κ1) is 15.8. The van der Waals surface area contributed by atoms with Gasteiger partial charge in [-0.1, -0.05) is 32.4 Å². The summed E-state index contributed by atoms with van der Waals surface area (Å²) in [5.41, 5.74) is 2.11. The molecular weight excluding hydrogens is 262 g/mol. The second-order valence-corrected chi connectivity index (χ2v) is 5.84. The minimum atomic E-state index is 0.0263. The molecule has 0 saturated carbocycles. The molecule has 2 unspecified atom stereocenters. The zero-order valence-corrected chi connectivity index (χ0v) is 13.4. The van der Waals surface area contributed by atoms with Crippen molar-refractivity contribution in [3.63, 3.8) is 0 Å². The van der Waals surface area contributed by atoms with E-state index < -0.39 is 0 Å². The Hall–Kier alpha value is -1.55. The number of nitrogens with one attached hydrogen (secondary N) is 2. The normalized spacial score (nSPS) is 19.6. The van der Waals surface area contributed by atoms with Crippen molar-refractivity contribution in [2.75, 3.05) is 25.0 Å². The number of rotatable bonds is 5. The van der Waals surface area contributed by atoms with E-state index in [-0.39, 0.29) is 6.03 Å². The van der Waals surface area contributed by atoms with E-state index in [0.29, 0.717) is 12.0 Å². The Morgan fingerprint density at radius 1 is 1.33 bits per heavy atom. The molecule has 0 aromatic heterocycles. The molecule has 1 aliphatic rings. The SMILES string of the molecule is CCNC(C)c1ccc(NC(=O)N2CCC(CC)C2)cc1. The highest BCUT2D eigenvalue weighted by Crippen LogP contribution is 2.21. The number of carbonyl (C=O) groups excluding carboxylic acids is 1. The number of carbonyl (C=O) groups is 1. The monoisotopic (exact) mass is 289 g/mol. The first-order valence-electron chi connectivity index (χ1n) is 8.03. The van der Waals surface area contributed by atoms with Crippen LogP contribution in [0.3, 0.4) is 0 Å². The molecule has 1 aliphatic heterocycles. The van der Waals surface area contributed by atoms with E-state index in [4.69, 9.17) is 0 Å². The van der Waals surface area contributed by atoms with Gasteiger partial charge in [-0.15, -0.1) is 0 Å². The summed E-state index contributed by atoms with van der Waals surface area (Å²) in [6.45, 7) is 9.15. The van der Waals surface area contributed by atoms with Gasteiger partial charge in [0.1, 0.15) is 0 Å². The molecular formula is C17H27N3O. The maximum Gasteiger partial charge on any atom is 0.321 e. The van der Waals surface area contributed by atoms with Gasteiger partial charge in [-0.25, -0.2) is 4.79 Å². The van der Waals surface area contributed by atoms with E-state index in [0.717, 1.165) is 38.2 Å². The van der Waals surface area contributed by atoms with Gasteiger partial charge in [0, 0.05) is 24.8 Å². The van der Waals surface area contributed by atoms with Gasteiger partial charge in [0.2, 0.25) is 0 Å². The van der Waals surface area contributed by atoms with E-state index in [2.05, 4.69) is 43.5 Å². The first-order chi connectivity index (χ1) is 10.1. The molecule has 0 radical (unpaired) electrons. The number of hydrogen-bond acceptors (Lipinski definition) is 2. The number of amides is 2. The summed E-state index contributed by atoms with van der Waals surface area (Å²) in [4.78, 5) is 14.1. The van der Waals surface area contributed by atoms with Crippen LogP contribution in [0.2, 0.25) is 0 Å². The van der Waals surface area contributed by atoms with Crippen LogP contribution in [0.15, 0.2) is 24.3 Å². The molecule has 2 N–H and O–H groups in total. The van der Waals surface area contributed by atoms with Gasteiger partial charge in [-0.05, 0) is 43.5 Å². The molecule has 21 heavy (non-hydrogen) atoms. The lowest BCUT2D eigenvalue weighted by Gasteiger charge is -2.18. The fourth-order valence-corrected chi connectivity index (χ4v) is 2.83. The van der Waals surface area contributed by atoms with Crippen LogP contribution in [0.4, 0.5) is 10.5 Å². The summed E-state index contributed by atoms with van der Waals surface area (Å²) in [7, 11) is 0. The minimum Gasteiger partial charge on any atom is -0.324 e. The molecule has 1 fully saturated rings. The first-order valence-corrected chi connectivity index (χ1v) is 8.03. The molecule has 1 aromatic carbocycles. The maximum absolute atomic E-state index is 12.2. The number of hydrogen-bond donors (Lipinski definition) is 2. The summed E-state index contributed by atoms with van der Waals surface area (Å²) in [5.74, 6) is 0.666. The Morgan fingerprint density at radius 3 is 2.62 bits per heavy atom. The van der Waals surface area contributed by atoms with Crippen molar-refractivity contribution in [3.8, 4) is 0 Å². The smallest absolute Gasteiger partial charge is 0.321 e. The topological polar surface area (TPSA) is 44.4 Å². The predicted octanol–water partition coefficient (Wildman–Crippen LogP) is 3.62. The molecule has 116 valence electrons. The van der Waals surface area contributed by atoms with Crippen LogP contribution in [-0.2, 0) is 0 Å². The Labute approximate surface area is 127 Å². The third-order valence-corrected chi connectivity index (χ3v) is 4.32. The molecule has 1 aromatic rings. The average molecular weight is 289 g/mol. The van der Waals surface area contributed by atoms with Gasteiger partial charge in [-0.3, -0.25) is 0 Å². The van der Waals surface area contributed by atoms with Crippen LogP contribution < -0.4 is 10.6 Å². The number of likely N-dealkylation sites (tertiary alicyclic amines) is 1. The van der Waals surface area contributed by atoms with Gasteiger partial charge >= 0.3 is 6.03 Å². The van der Waals surface area contributed by atoms with Crippen molar-refractivity contribution in [2.24, 2.45) is 5.92 Å². The lowest BCUT2D eigenvalue weighted by molar-refractivity contribution is 0.220. The average Bonchev–Trinajstić information content (AvgIpc) is 2.97. The fourth-order valence-electron chi connectivity index (χ4n) is 2.83. The van der Waals surface area contributed by atoms with Crippen molar-refractivity contribution in [2.45, 2.75) is 39.7 Å². The second-order valence-electron chi connectivity index (χ2n) is 5.84. The number of urea groups is 1. The van der Waals surface area contributed by atoms with E-state index in [9.17, 15) is 4.79 Å².